The van der Waals surface area contributed by atoms with Crippen molar-refractivity contribution in [2.75, 3.05) is 37.7 Å². The number of halogens is 2. The van der Waals surface area contributed by atoms with E-state index in [0.717, 1.165) is 37.6 Å². The fraction of sp³-hybridized carbons (Fsp3) is 0.359. The number of piperazine rings is 1. The van der Waals surface area contributed by atoms with Gasteiger partial charge in [0.05, 0.1) is 16.7 Å². The number of hydrogen-bond donors (Lipinski definition) is 2. The Balaban J connectivity index is 1.25. The molecule has 0 spiro atoms. The van der Waals surface area contributed by atoms with Crippen molar-refractivity contribution >= 4 is 27.5 Å². The van der Waals surface area contributed by atoms with Crippen molar-refractivity contribution in [3.63, 3.8) is 0 Å². The van der Waals surface area contributed by atoms with Crippen LogP contribution in [-0.2, 0) is 0 Å². The molecule has 5 heterocycles. The van der Waals surface area contributed by atoms with Crippen LogP contribution in [0.3, 0.4) is 0 Å². The van der Waals surface area contributed by atoms with Crippen LogP contribution in [0, 0.1) is 17.1 Å². The lowest BCUT2D eigenvalue weighted by molar-refractivity contribution is 0.107. The normalized spacial score (nSPS) is 24.5. The quantitative estimate of drug-likeness (QED) is 0.192. The summed E-state index contributed by atoms with van der Waals surface area (Å²) in [5, 5.41) is 26.2. The number of nitrogens with zero attached hydrogens (tertiary/aromatic N) is 5. The summed E-state index contributed by atoms with van der Waals surface area (Å²) in [4.78, 5) is 14.0. The van der Waals surface area contributed by atoms with Gasteiger partial charge in [-0.1, -0.05) is 36.4 Å². The summed E-state index contributed by atoms with van der Waals surface area (Å²) in [6.45, 7) is 2.78. The number of benzene rings is 4. The maximum atomic E-state index is 17.6. The number of hydrogen-bond acceptors (Lipinski definition) is 9. The minimum absolute atomic E-state index is 0.0339. The zero-order valence-electron chi connectivity index (χ0n) is 27.4. The van der Waals surface area contributed by atoms with E-state index in [-0.39, 0.29) is 53.0 Å². The topological polar surface area (TPSA) is 107 Å². The number of ether oxygens (including phenoxy) is 2. The molecular weight excluding hydrogens is 638 g/mol. The standard InChI is InChI=1S/C39H36F2N6O3/c40-25-17-39(12-5-13-47(39)19-25)22-49-38-44-36-31(37(45-38)46-20-26-10-11-27(21-46)43-26)16-33(50-32-9-4-2-7-24(32)18-42)34(35(36)41)30-15-28(48)14-23-6-1-3-8-29(23)30/h1-4,6-9,14-16,25-27,43,48H,5,10-13,17,19-22H2/t25-,26?,27?,39?/m1/s1. The van der Waals surface area contributed by atoms with Crippen LogP contribution in [0.1, 0.15) is 37.7 Å². The number of nitrogens with one attached hydrogen (secondary N) is 1. The Morgan fingerprint density at radius 1 is 0.980 bits per heavy atom. The van der Waals surface area contributed by atoms with Crippen molar-refractivity contribution < 1.29 is 23.4 Å². The molecule has 9 rings (SSSR count). The van der Waals surface area contributed by atoms with Crippen LogP contribution in [0.15, 0.2) is 66.7 Å². The Morgan fingerprint density at radius 3 is 2.62 bits per heavy atom. The third-order valence-electron chi connectivity index (χ3n) is 10.9. The fourth-order valence-corrected chi connectivity index (χ4v) is 8.69. The van der Waals surface area contributed by atoms with Gasteiger partial charge in [0.25, 0.3) is 0 Å². The SMILES string of the molecule is N#Cc1ccccc1Oc1cc2c(N3CC4CCC(C3)N4)nc(OCC34CCCN3C[C@H](F)C4)nc2c(F)c1-c1cc(O)cc2ccccc12. The van der Waals surface area contributed by atoms with Crippen LogP contribution in [0.2, 0.25) is 0 Å². The Kier molecular flexibility index (Phi) is 7.48. The summed E-state index contributed by atoms with van der Waals surface area (Å²) in [7, 11) is 0. The molecule has 9 nitrogen and oxygen atoms in total. The van der Waals surface area contributed by atoms with E-state index >= 15 is 4.39 Å². The molecule has 0 radical (unpaired) electrons. The molecule has 254 valence electrons. The van der Waals surface area contributed by atoms with Gasteiger partial charge >= 0.3 is 6.01 Å². The van der Waals surface area contributed by atoms with Crippen LogP contribution < -0.4 is 19.7 Å². The number of phenols is 1. The molecule has 1 aromatic heterocycles. The van der Waals surface area contributed by atoms with Crippen molar-refractivity contribution in [3.8, 4) is 40.5 Å². The zero-order valence-corrected chi connectivity index (χ0v) is 27.4. The first-order valence-corrected chi connectivity index (χ1v) is 17.3. The number of phenolic OH excluding ortho intramolecular Hbond substituents is 1. The Labute approximate surface area is 288 Å². The van der Waals surface area contributed by atoms with Gasteiger partial charge in [-0.15, -0.1) is 0 Å². The number of anilines is 1. The van der Waals surface area contributed by atoms with E-state index in [1.54, 1.807) is 36.4 Å². The van der Waals surface area contributed by atoms with Gasteiger partial charge in [-0.05, 0) is 78.9 Å². The third kappa shape index (κ3) is 5.25. The van der Waals surface area contributed by atoms with E-state index in [0.29, 0.717) is 53.8 Å². The molecule has 4 aromatic carbocycles. The second-order valence-corrected chi connectivity index (χ2v) is 14.1. The molecule has 0 aliphatic carbocycles. The number of para-hydroxylation sites is 1. The summed E-state index contributed by atoms with van der Waals surface area (Å²) in [6, 6.07) is 21.9. The van der Waals surface area contributed by atoms with Crippen LogP contribution >= 0.6 is 0 Å². The lowest BCUT2D eigenvalue weighted by Crippen LogP contribution is -2.51. The first-order chi connectivity index (χ1) is 24.4. The minimum atomic E-state index is -0.912. The highest BCUT2D eigenvalue weighted by Gasteiger charge is 2.49. The summed E-state index contributed by atoms with van der Waals surface area (Å²) in [6.07, 6.45) is 3.35. The van der Waals surface area contributed by atoms with Crippen molar-refractivity contribution in [1.82, 2.24) is 20.2 Å². The Bertz CT molecular complexity index is 2180. The second-order valence-electron chi connectivity index (χ2n) is 14.1. The monoisotopic (exact) mass is 674 g/mol. The maximum absolute atomic E-state index is 17.6. The number of aromatic hydroxyl groups is 1. The van der Waals surface area contributed by atoms with Gasteiger partial charge < -0.3 is 24.8 Å². The fourth-order valence-electron chi connectivity index (χ4n) is 8.69. The number of aromatic nitrogens is 2. The van der Waals surface area contributed by atoms with Gasteiger partial charge in [0.15, 0.2) is 5.82 Å². The molecule has 0 saturated carbocycles. The molecule has 4 saturated heterocycles. The molecule has 4 aliphatic heterocycles. The molecule has 4 fully saturated rings. The minimum Gasteiger partial charge on any atom is -0.508 e. The van der Waals surface area contributed by atoms with E-state index < -0.39 is 17.5 Å². The van der Waals surface area contributed by atoms with Gasteiger partial charge in [0, 0.05) is 43.5 Å². The van der Waals surface area contributed by atoms with Crippen LogP contribution in [0.5, 0.6) is 23.3 Å². The van der Waals surface area contributed by atoms with Gasteiger partial charge in [-0.3, -0.25) is 4.90 Å². The van der Waals surface area contributed by atoms with Gasteiger partial charge in [0.1, 0.15) is 47.4 Å². The predicted molar refractivity (Wildman–Crippen MR) is 186 cm³/mol. The highest BCUT2D eigenvalue weighted by atomic mass is 19.1. The van der Waals surface area contributed by atoms with Crippen molar-refractivity contribution in [2.45, 2.75) is 55.9 Å². The van der Waals surface area contributed by atoms with Crippen LogP contribution in [0.4, 0.5) is 14.6 Å². The molecule has 5 aromatic rings. The van der Waals surface area contributed by atoms with Gasteiger partial charge in [0.2, 0.25) is 0 Å². The number of alkyl halides is 1. The summed E-state index contributed by atoms with van der Waals surface area (Å²) in [5.41, 5.74) is 0.413. The second kappa shape index (κ2) is 12.1. The van der Waals surface area contributed by atoms with E-state index in [9.17, 15) is 14.8 Å². The number of rotatable bonds is 7. The maximum Gasteiger partial charge on any atom is 0.319 e. The lowest BCUT2D eigenvalue weighted by Gasteiger charge is -2.35. The van der Waals surface area contributed by atoms with Crippen molar-refractivity contribution in [2.24, 2.45) is 0 Å². The average Bonchev–Trinajstić information content (AvgIpc) is 3.77. The highest BCUT2D eigenvalue weighted by Crippen LogP contribution is 2.46. The van der Waals surface area contributed by atoms with Crippen LogP contribution in [-0.4, -0.2) is 76.6 Å². The Morgan fingerprint density at radius 2 is 1.78 bits per heavy atom. The molecule has 2 N–H and O–H groups in total. The summed E-state index contributed by atoms with van der Waals surface area (Å²) >= 11 is 0. The first kappa shape index (κ1) is 31.0. The molecular formula is C39H36F2N6O3. The molecule has 2 bridgehead atoms. The van der Waals surface area contributed by atoms with Crippen molar-refractivity contribution in [1.29, 1.82) is 5.26 Å². The molecule has 4 aliphatic rings. The van der Waals surface area contributed by atoms with Gasteiger partial charge in [-0.25, -0.2) is 8.78 Å². The molecule has 3 unspecified atom stereocenters. The largest absolute Gasteiger partial charge is 0.508 e. The Hall–Kier alpha value is -5.05. The van der Waals surface area contributed by atoms with Crippen LogP contribution in [0.25, 0.3) is 32.8 Å². The molecule has 50 heavy (non-hydrogen) atoms. The third-order valence-corrected chi connectivity index (χ3v) is 10.9. The van der Waals surface area contributed by atoms with E-state index in [2.05, 4.69) is 21.2 Å². The van der Waals surface area contributed by atoms with E-state index in [1.165, 1.54) is 6.07 Å². The average molecular weight is 675 g/mol. The summed E-state index contributed by atoms with van der Waals surface area (Å²) in [5.74, 6) is 0.257. The number of fused-ring (bicyclic) bond motifs is 5. The zero-order chi connectivity index (χ0) is 34.0. The van der Waals surface area contributed by atoms with Gasteiger partial charge in [-0.2, -0.15) is 15.2 Å². The smallest absolute Gasteiger partial charge is 0.319 e. The lowest BCUT2D eigenvalue weighted by atomic mass is 9.95. The molecule has 0 amide bonds. The molecule has 11 heteroatoms. The van der Waals surface area contributed by atoms with E-state index in [4.69, 9.17) is 19.4 Å². The highest BCUT2D eigenvalue weighted by molar-refractivity contribution is 6.03. The first-order valence-electron chi connectivity index (χ1n) is 17.3. The molecule has 4 atom stereocenters. The number of nitriles is 1. The van der Waals surface area contributed by atoms with E-state index in [1.807, 2.05) is 24.3 Å². The van der Waals surface area contributed by atoms with Crippen molar-refractivity contribution in [3.05, 3.63) is 78.1 Å². The summed E-state index contributed by atoms with van der Waals surface area (Å²) < 4.78 is 45.0. The predicted octanol–water partition coefficient (Wildman–Crippen LogP) is 6.85.